The lowest BCUT2D eigenvalue weighted by Gasteiger charge is -2.41. The summed E-state index contributed by atoms with van der Waals surface area (Å²) >= 11 is 0. The summed E-state index contributed by atoms with van der Waals surface area (Å²) in [7, 11) is 0. The van der Waals surface area contributed by atoms with Gasteiger partial charge in [0.1, 0.15) is 11.4 Å². The molecule has 0 saturated heterocycles. The molecule has 19 heavy (non-hydrogen) atoms. The minimum absolute atomic E-state index is 0.244. The van der Waals surface area contributed by atoms with Crippen LogP contribution in [0, 0.1) is 5.92 Å². The van der Waals surface area contributed by atoms with Crippen LogP contribution in [0.5, 0.6) is 0 Å². The summed E-state index contributed by atoms with van der Waals surface area (Å²) in [5.74, 6) is 1.54. The Morgan fingerprint density at radius 1 is 1.05 bits per heavy atom. The van der Waals surface area contributed by atoms with E-state index in [9.17, 15) is 0 Å². The van der Waals surface area contributed by atoms with Gasteiger partial charge < -0.3 is 9.15 Å². The second kappa shape index (κ2) is 4.61. The molecular formula is C17H18O2. The van der Waals surface area contributed by atoms with Crippen LogP contribution in [-0.2, 0) is 10.3 Å². The zero-order valence-electron chi connectivity index (χ0n) is 11.2. The highest BCUT2D eigenvalue weighted by atomic mass is 16.5. The first kappa shape index (κ1) is 12.1. The molecule has 2 heteroatoms. The van der Waals surface area contributed by atoms with Crippen molar-refractivity contribution in [2.45, 2.75) is 25.4 Å². The number of furan rings is 1. The van der Waals surface area contributed by atoms with E-state index in [4.69, 9.17) is 9.15 Å². The van der Waals surface area contributed by atoms with Crippen LogP contribution in [0.3, 0.4) is 0 Å². The molecule has 0 fully saturated rings. The van der Waals surface area contributed by atoms with Crippen molar-refractivity contribution in [2.24, 2.45) is 5.92 Å². The van der Waals surface area contributed by atoms with Crippen LogP contribution in [-0.4, -0.2) is 0 Å². The predicted octanol–water partition coefficient (Wildman–Crippen LogP) is 4.46. The highest BCUT2D eigenvalue weighted by Crippen LogP contribution is 2.45. The first-order valence-corrected chi connectivity index (χ1v) is 6.65. The largest absolute Gasteiger partial charge is 0.490 e. The maximum absolute atomic E-state index is 5.97. The lowest BCUT2D eigenvalue weighted by Crippen LogP contribution is -2.37. The molecule has 0 N–H and O–H groups in total. The number of hydrogen-bond donors (Lipinski definition) is 0. The van der Waals surface area contributed by atoms with Crippen LogP contribution in [0.2, 0.25) is 0 Å². The standard InChI is InChI=1S/C17H18O2/c1-13-15(16-9-6-11-18-16)10-12-19-17(13,2)14-7-4-3-5-8-14/h3-13,15H,1-2H3/t13-,15+,17-/m0/s1. The fraction of sp³-hybridized carbons (Fsp3) is 0.294. The zero-order chi connectivity index (χ0) is 13.3. The third kappa shape index (κ3) is 1.97. The zero-order valence-corrected chi connectivity index (χ0v) is 11.2. The number of allylic oxidation sites excluding steroid dienone is 1. The summed E-state index contributed by atoms with van der Waals surface area (Å²) in [6.07, 6.45) is 5.61. The van der Waals surface area contributed by atoms with E-state index in [0.29, 0.717) is 5.92 Å². The molecule has 0 unspecified atom stereocenters. The van der Waals surface area contributed by atoms with Crippen molar-refractivity contribution < 1.29 is 9.15 Å². The van der Waals surface area contributed by atoms with Crippen molar-refractivity contribution in [3.63, 3.8) is 0 Å². The maximum atomic E-state index is 5.97. The molecule has 98 valence electrons. The van der Waals surface area contributed by atoms with Crippen molar-refractivity contribution in [3.05, 3.63) is 72.4 Å². The van der Waals surface area contributed by atoms with Crippen molar-refractivity contribution in [3.8, 4) is 0 Å². The van der Waals surface area contributed by atoms with Gasteiger partial charge in [-0.25, -0.2) is 0 Å². The molecule has 0 aliphatic carbocycles. The molecule has 3 atom stereocenters. The van der Waals surface area contributed by atoms with Gasteiger partial charge in [0, 0.05) is 11.8 Å². The van der Waals surface area contributed by atoms with Gasteiger partial charge in [-0.05, 0) is 30.7 Å². The van der Waals surface area contributed by atoms with E-state index in [1.165, 1.54) is 5.56 Å². The molecule has 1 aliphatic heterocycles. The van der Waals surface area contributed by atoms with Crippen molar-refractivity contribution in [1.82, 2.24) is 0 Å². The third-order valence-electron chi connectivity index (χ3n) is 4.23. The van der Waals surface area contributed by atoms with Crippen LogP contribution >= 0.6 is 0 Å². The Hall–Kier alpha value is -1.96. The van der Waals surface area contributed by atoms with Crippen LogP contribution < -0.4 is 0 Å². The summed E-state index contributed by atoms with van der Waals surface area (Å²) in [6.45, 7) is 4.36. The van der Waals surface area contributed by atoms with Crippen LogP contribution in [0.15, 0.2) is 65.5 Å². The second-order valence-electron chi connectivity index (χ2n) is 5.25. The average molecular weight is 254 g/mol. The average Bonchev–Trinajstić information content (AvgIpc) is 2.97. The van der Waals surface area contributed by atoms with E-state index < -0.39 is 0 Å². The highest BCUT2D eigenvalue weighted by Gasteiger charge is 2.42. The van der Waals surface area contributed by atoms with Crippen molar-refractivity contribution in [1.29, 1.82) is 0 Å². The van der Waals surface area contributed by atoms with Crippen LogP contribution in [0.1, 0.15) is 31.1 Å². The van der Waals surface area contributed by atoms with Gasteiger partial charge in [-0.2, -0.15) is 0 Å². The lowest BCUT2D eigenvalue weighted by molar-refractivity contribution is -0.0353. The van der Waals surface area contributed by atoms with Gasteiger partial charge in [-0.1, -0.05) is 37.3 Å². The first-order chi connectivity index (χ1) is 9.22. The summed E-state index contributed by atoms with van der Waals surface area (Å²) in [4.78, 5) is 0. The number of rotatable bonds is 2. The Kier molecular flexibility index (Phi) is 2.94. The molecule has 0 bridgehead atoms. The lowest BCUT2D eigenvalue weighted by atomic mass is 9.74. The molecule has 1 aromatic carbocycles. The van der Waals surface area contributed by atoms with Gasteiger partial charge in [0.25, 0.3) is 0 Å². The van der Waals surface area contributed by atoms with Gasteiger partial charge in [0.2, 0.25) is 0 Å². The Labute approximate surface area is 113 Å². The molecule has 1 aromatic heterocycles. The van der Waals surface area contributed by atoms with E-state index in [2.05, 4.69) is 44.2 Å². The molecule has 2 nitrogen and oxygen atoms in total. The Morgan fingerprint density at radius 3 is 2.53 bits per heavy atom. The molecule has 3 rings (SSSR count). The molecule has 0 radical (unpaired) electrons. The molecule has 2 heterocycles. The normalized spacial score (nSPS) is 30.0. The summed E-state index contributed by atoms with van der Waals surface area (Å²) in [5, 5.41) is 0. The Morgan fingerprint density at radius 2 is 1.84 bits per heavy atom. The van der Waals surface area contributed by atoms with E-state index in [1.54, 1.807) is 12.5 Å². The third-order valence-corrected chi connectivity index (χ3v) is 4.23. The molecule has 0 spiro atoms. The monoisotopic (exact) mass is 254 g/mol. The van der Waals surface area contributed by atoms with E-state index in [-0.39, 0.29) is 11.5 Å². The SMILES string of the molecule is C[C@H]1[C@H](c2ccco2)C=CO[C@]1(C)c1ccccc1. The minimum Gasteiger partial charge on any atom is -0.490 e. The van der Waals surface area contributed by atoms with Gasteiger partial charge in [0.15, 0.2) is 0 Å². The van der Waals surface area contributed by atoms with E-state index in [1.807, 2.05) is 18.2 Å². The second-order valence-corrected chi connectivity index (χ2v) is 5.25. The van der Waals surface area contributed by atoms with Gasteiger partial charge in [-0.3, -0.25) is 0 Å². The number of ether oxygens (including phenoxy) is 1. The van der Waals surface area contributed by atoms with Gasteiger partial charge in [-0.15, -0.1) is 0 Å². The number of benzene rings is 1. The van der Waals surface area contributed by atoms with E-state index in [0.717, 1.165) is 5.76 Å². The fourth-order valence-corrected chi connectivity index (χ4v) is 2.80. The van der Waals surface area contributed by atoms with Gasteiger partial charge in [0.05, 0.1) is 12.5 Å². The fourth-order valence-electron chi connectivity index (χ4n) is 2.80. The van der Waals surface area contributed by atoms with Gasteiger partial charge >= 0.3 is 0 Å². The quantitative estimate of drug-likeness (QED) is 0.789. The van der Waals surface area contributed by atoms with Crippen molar-refractivity contribution in [2.75, 3.05) is 0 Å². The molecule has 1 aliphatic rings. The van der Waals surface area contributed by atoms with E-state index >= 15 is 0 Å². The predicted molar refractivity (Wildman–Crippen MR) is 74.6 cm³/mol. The highest BCUT2D eigenvalue weighted by molar-refractivity contribution is 5.28. The van der Waals surface area contributed by atoms with Crippen molar-refractivity contribution >= 4 is 0 Å². The molecular weight excluding hydrogens is 236 g/mol. The minimum atomic E-state index is -0.326. The Balaban J connectivity index is 1.99. The Bertz CT molecular complexity index is 556. The van der Waals surface area contributed by atoms with Crippen LogP contribution in [0.4, 0.5) is 0 Å². The smallest absolute Gasteiger partial charge is 0.134 e. The first-order valence-electron chi connectivity index (χ1n) is 6.65. The number of hydrogen-bond acceptors (Lipinski definition) is 2. The molecule has 2 aromatic rings. The maximum Gasteiger partial charge on any atom is 0.134 e. The summed E-state index contributed by atoms with van der Waals surface area (Å²) < 4.78 is 11.5. The molecule has 0 saturated carbocycles. The topological polar surface area (TPSA) is 22.4 Å². The van der Waals surface area contributed by atoms with Crippen LogP contribution in [0.25, 0.3) is 0 Å². The summed E-state index contributed by atoms with van der Waals surface area (Å²) in [6, 6.07) is 14.3. The summed E-state index contributed by atoms with van der Waals surface area (Å²) in [5.41, 5.74) is 0.872. The molecule has 0 amide bonds.